The van der Waals surface area contributed by atoms with Gasteiger partial charge in [0.2, 0.25) is 5.91 Å². The number of urea groups is 2. The second-order valence-electron chi connectivity index (χ2n) is 6.94. The molecule has 1 fully saturated rings. The summed E-state index contributed by atoms with van der Waals surface area (Å²) < 4.78 is 13.6. The predicted molar refractivity (Wildman–Crippen MR) is 113 cm³/mol. The molecule has 0 radical (unpaired) electrons. The number of benzene rings is 2. The fourth-order valence-corrected chi connectivity index (χ4v) is 3.24. The molecule has 2 aromatic carbocycles. The van der Waals surface area contributed by atoms with Crippen molar-refractivity contribution in [2.75, 3.05) is 36.1 Å². The molecular weight excluding hydrogens is 389 g/mol. The van der Waals surface area contributed by atoms with Gasteiger partial charge in [0.25, 0.3) is 0 Å². The van der Waals surface area contributed by atoms with Crippen LogP contribution in [0.4, 0.5) is 31.0 Å². The number of anilines is 3. The molecule has 0 unspecified atom stereocenters. The van der Waals surface area contributed by atoms with E-state index in [1.807, 2.05) is 0 Å². The number of hydrogen-bond acceptors (Lipinski definition) is 3. The standard InChI is InChI=1S/C21H24FN5O3/c1-23-19(28)14-10-12-27(13-11-14)21(30)25-16-8-6-15(7-9-16)24-20(29)26-18-5-3-2-4-17(18)22/h2-9,14H,10-13H2,1H3,(H,23,28)(H,25,30)(H2,24,26,29). The van der Waals surface area contributed by atoms with E-state index >= 15 is 0 Å². The van der Waals surface area contributed by atoms with Crippen molar-refractivity contribution in [1.82, 2.24) is 10.2 Å². The van der Waals surface area contributed by atoms with E-state index in [2.05, 4.69) is 21.3 Å². The SMILES string of the molecule is CNC(=O)C1CCN(C(=O)Nc2ccc(NC(=O)Nc3ccccc3F)cc2)CC1. The molecule has 0 atom stereocenters. The van der Waals surface area contributed by atoms with Gasteiger partial charge in [0.1, 0.15) is 5.82 Å². The lowest BCUT2D eigenvalue weighted by Gasteiger charge is -2.31. The summed E-state index contributed by atoms with van der Waals surface area (Å²) in [5.41, 5.74) is 1.15. The van der Waals surface area contributed by atoms with Crippen LogP contribution in [0.3, 0.4) is 0 Å². The smallest absolute Gasteiger partial charge is 0.323 e. The van der Waals surface area contributed by atoms with E-state index in [1.165, 1.54) is 18.2 Å². The largest absolute Gasteiger partial charge is 0.359 e. The summed E-state index contributed by atoms with van der Waals surface area (Å²) in [6.07, 6.45) is 1.26. The number of halogens is 1. The Morgan fingerprint density at radius 2 is 1.50 bits per heavy atom. The van der Waals surface area contributed by atoms with Crippen molar-refractivity contribution in [3.05, 3.63) is 54.3 Å². The van der Waals surface area contributed by atoms with Crippen LogP contribution in [-0.2, 0) is 4.79 Å². The van der Waals surface area contributed by atoms with Crippen molar-refractivity contribution >= 4 is 35.0 Å². The Hall–Kier alpha value is -3.62. The van der Waals surface area contributed by atoms with Crippen molar-refractivity contribution in [3.8, 4) is 0 Å². The van der Waals surface area contributed by atoms with E-state index in [0.29, 0.717) is 37.3 Å². The van der Waals surface area contributed by atoms with Gasteiger partial charge in [0.05, 0.1) is 5.69 Å². The third-order valence-corrected chi connectivity index (χ3v) is 4.92. The molecule has 1 aliphatic rings. The topological polar surface area (TPSA) is 103 Å². The molecule has 1 saturated heterocycles. The summed E-state index contributed by atoms with van der Waals surface area (Å²) in [6, 6.07) is 11.7. The Morgan fingerprint density at radius 1 is 0.900 bits per heavy atom. The molecule has 4 N–H and O–H groups in total. The lowest BCUT2D eigenvalue weighted by molar-refractivity contribution is -0.125. The summed E-state index contributed by atoms with van der Waals surface area (Å²) in [5.74, 6) is -0.567. The molecule has 5 amide bonds. The Balaban J connectivity index is 1.48. The number of amides is 5. The molecule has 0 bridgehead atoms. The summed E-state index contributed by atoms with van der Waals surface area (Å²) in [6.45, 7) is 1.03. The number of likely N-dealkylation sites (tertiary alicyclic amines) is 1. The molecule has 1 heterocycles. The van der Waals surface area contributed by atoms with Gasteiger partial charge in [0.15, 0.2) is 0 Å². The van der Waals surface area contributed by atoms with Gasteiger partial charge < -0.3 is 26.2 Å². The molecule has 0 spiro atoms. The average Bonchev–Trinajstić information content (AvgIpc) is 2.76. The van der Waals surface area contributed by atoms with Crippen molar-refractivity contribution < 1.29 is 18.8 Å². The molecule has 2 aromatic rings. The quantitative estimate of drug-likeness (QED) is 0.617. The first-order valence-corrected chi connectivity index (χ1v) is 9.66. The zero-order valence-corrected chi connectivity index (χ0v) is 16.6. The normalized spacial score (nSPS) is 14.0. The van der Waals surface area contributed by atoms with Gasteiger partial charge in [-0.2, -0.15) is 0 Å². The zero-order valence-electron chi connectivity index (χ0n) is 16.6. The van der Waals surface area contributed by atoms with Gasteiger partial charge in [-0.05, 0) is 49.2 Å². The second kappa shape index (κ2) is 9.73. The lowest BCUT2D eigenvalue weighted by Crippen LogP contribution is -2.44. The Labute approximate surface area is 173 Å². The van der Waals surface area contributed by atoms with Crippen LogP contribution in [-0.4, -0.2) is 43.0 Å². The van der Waals surface area contributed by atoms with Gasteiger partial charge in [-0.3, -0.25) is 4.79 Å². The highest BCUT2D eigenvalue weighted by Gasteiger charge is 2.26. The van der Waals surface area contributed by atoms with Crippen LogP contribution in [0.1, 0.15) is 12.8 Å². The highest BCUT2D eigenvalue weighted by Crippen LogP contribution is 2.20. The molecule has 1 aliphatic heterocycles. The fourth-order valence-electron chi connectivity index (χ4n) is 3.24. The molecule has 8 nitrogen and oxygen atoms in total. The summed E-state index contributed by atoms with van der Waals surface area (Å²) in [5, 5.41) is 10.5. The molecule has 30 heavy (non-hydrogen) atoms. The van der Waals surface area contributed by atoms with Gasteiger partial charge in [-0.1, -0.05) is 12.1 Å². The van der Waals surface area contributed by atoms with E-state index in [4.69, 9.17) is 0 Å². The van der Waals surface area contributed by atoms with E-state index in [-0.39, 0.29) is 23.5 Å². The molecule has 3 rings (SSSR count). The van der Waals surface area contributed by atoms with Crippen molar-refractivity contribution in [3.63, 3.8) is 0 Å². The molecule has 0 aromatic heterocycles. The maximum absolute atomic E-state index is 13.6. The van der Waals surface area contributed by atoms with Gasteiger partial charge in [-0.25, -0.2) is 14.0 Å². The first-order valence-electron chi connectivity index (χ1n) is 9.66. The Bertz CT molecular complexity index is 911. The minimum absolute atomic E-state index is 0.0113. The number of nitrogens with one attached hydrogen (secondary N) is 4. The number of carbonyl (C=O) groups is 3. The van der Waals surface area contributed by atoms with Crippen LogP contribution in [0.25, 0.3) is 0 Å². The highest BCUT2D eigenvalue weighted by atomic mass is 19.1. The molecule has 9 heteroatoms. The van der Waals surface area contributed by atoms with Crippen molar-refractivity contribution in [1.29, 1.82) is 0 Å². The van der Waals surface area contributed by atoms with E-state index < -0.39 is 11.8 Å². The molecule has 158 valence electrons. The van der Waals surface area contributed by atoms with E-state index in [1.54, 1.807) is 42.3 Å². The van der Waals surface area contributed by atoms with Crippen molar-refractivity contribution in [2.45, 2.75) is 12.8 Å². The lowest BCUT2D eigenvalue weighted by atomic mass is 9.96. The predicted octanol–water partition coefficient (Wildman–Crippen LogP) is 3.46. The number of piperidine rings is 1. The summed E-state index contributed by atoms with van der Waals surface area (Å²) in [7, 11) is 1.61. The monoisotopic (exact) mass is 413 g/mol. The number of carbonyl (C=O) groups excluding carboxylic acids is 3. The third-order valence-electron chi connectivity index (χ3n) is 4.92. The molecule has 0 saturated carbocycles. The molecular formula is C21H24FN5O3. The zero-order chi connectivity index (χ0) is 21.5. The number of rotatable bonds is 4. The van der Waals surface area contributed by atoms with Crippen LogP contribution < -0.4 is 21.3 Å². The molecule has 0 aliphatic carbocycles. The first-order chi connectivity index (χ1) is 14.5. The van der Waals surface area contributed by atoms with Gasteiger partial charge in [-0.15, -0.1) is 0 Å². The highest BCUT2D eigenvalue weighted by molar-refractivity contribution is 6.00. The fraction of sp³-hybridized carbons (Fsp3) is 0.286. The second-order valence-corrected chi connectivity index (χ2v) is 6.94. The van der Waals surface area contributed by atoms with Crippen molar-refractivity contribution in [2.24, 2.45) is 5.92 Å². The summed E-state index contributed by atoms with van der Waals surface area (Å²) in [4.78, 5) is 37.8. The van der Waals surface area contributed by atoms with E-state index in [0.717, 1.165) is 0 Å². The average molecular weight is 413 g/mol. The number of para-hydroxylation sites is 1. The minimum Gasteiger partial charge on any atom is -0.359 e. The van der Waals surface area contributed by atoms with Crippen LogP contribution in [0, 0.1) is 11.7 Å². The maximum atomic E-state index is 13.6. The Morgan fingerprint density at radius 3 is 2.10 bits per heavy atom. The number of hydrogen-bond donors (Lipinski definition) is 4. The van der Waals surface area contributed by atoms with Crippen LogP contribution in [0.2, 0.25) is 0 Å². The first kappa shape index (κ1) is 21.1. The number of nitrogens with zero attached hydrogens (tertiary/aromatic N) is 1. The van der Waals surface area contributed by atoms with E-state index in [9.17, 15) is 18.8 Å². The third kappa shape index (κ3) is 5.47. The van der Waals surface area contributed by atoms with Crippen LogP contribution in [0.15, 0.2) is 48.5 Å². The summed E-state index contributed by atoms with van der Waals surface area (Å²) >= 11 is 0. The van der Waals surface area contributed by atoms with Crippen LogP contribution >= 0.6 is 0 Å². The van der Waals surface area contributed by atoms with Gasteiger partial charge in [0, 0.05) is 37.4 Å². The van der Waals surface area contributed by atoms with Crippen LogP contribution in [0.5, 0.6) is 0 Å². The Kier molecular flexibility index (Phi) is 6.84. The van der Waals surface area contributed by atoms with Gasteiger partial charge >= 0.3 is 12.1 Å². The maximum Gasteiger partial charge on any atom is 0.323 e. The minimum atomic E-state index is -0.573.